The van der Waals surface area contributed by atoms with Crippen molar-refractivity contribution in [2.75, 3.05) is 33.3 Å². The molecule has 0 amide bonds. The molecular formula is C19H23ClN2O5S2. The van der Waals surface area contributed by atoms with Crippen LogP contribution in [0.1, 0.15) is 11.1 Å². The Morgan fingerprint density at radius 2 is 1.34 bits per heavy atom. The second-order valence-electron chi connectivity index (χ2n) is 6.85. The molecule has 0 spiro atoms. The number of nitrogens with zero attached hydrogens (tertiary/aromatic N) is 2. The number of aryl methyl sites for hydroxylation is 2. The van der Waals surface area contributed by atoms with Crippen LogP contribution in [-0.4, -0.2) is 58.7 Å². The van der Waals surface area contributed by atoms with E-state index in [9.17, 15) is 16.8 Å². The summed E-state index contributed by atoms with van der Waals surface area (Å²) in [6.45, 7) is 3.78. The van der Waals surface area contributed by atoms with E-state index in [-0.39, 0.29) is 36.0 Å². The standard InChI is InChI=1S/C19H23ClN2O5S2/c1-14-13-19(15(2)12-18(14)20)29(25,26)22-10-8-21(9-11-22)28(23,24)17-6-4-16(27-3)5-7-17/h4-7,12-13H,8-11H2,1-3H3. The number of sulfonamides is 2. The van der Waals surface area contributed by atoms with Crippen molar-refractivity contribution in [3.63, 3.8) is 0 Å². The van der Waals surface area contributed by atoms with E-state index in [1.54, 1.807) is 38.1 Å². The summed E-state index contributed by atoms with van der Waals surface area (Å²) in [6.07, 6.45) is 0. The van der Waals surface area contributed by atoms with Crippen molar-refractivity contribution in [2.45, 2.75) is 23.6 Å². The molecule has 29 heavy (non-hydrogen) atoms. The molecular weight excluding hydrogens is 436 g/mol. The Labute approximate surface area is 176 Å². The molecule has 0 saturated carbocycles. The van der Waals surface area contributed by atoms with Crippen LogP contribution in [0.2, 0.25) is 5.02 Å². The summed E-state index contributed by atoms with van der Waals surface area (Å²) in [5.41, 5.74) is 1.24. The maximum atomic E-state index is 13.1. The van der Waals surface area contributed by atoms with Gasteiger partial charge in [-0.1, -0.05) is 11.6 Å². The predicted molar refractivity (Wildman–Crippen MR) is 111 cm³/mol. The van der Waals surface area contributed by atoms with Gasteiger partial charge in [0.05, 0.1) is 16.9 Å². The Balaban J connectivity index is 1.78. The molecule has 10 heteroatoms. The lowest BCUT2D eigenvalue weighted by atomic mass is 10.2. The summed E-state index contributed by atoms with van der Waals surface area (Å²) in [6, 6.07) is 9.33. The van der Waals surface area contributed by atoms with Crippen molar-refractivity contribution in [3.8, 4) is 5.75 Å². The van der Waals surface area contributed by atoms with Gasteiger partial charge in [0.25, 0.3) is 0 Å². The highest BCUT2D eigenvalue weighted by molar-refractivity contribution is 7.89. The fourth-order valence-corrected chi connectivity index (χ4v) is 6.57. The minimum absolute atomic E-state index is 0.0822. The number of rotatable bonds is 5. The highest BCUT2D eigenvalue weighted by Crippen LogP contribution is 2.28. The first-order chi connectivity index (χ1) is 13.6. The maximum Gasteiger partial charge on any atom is 0.243 e. The molecule has 2 aromatic rings. The van der Waals surface area contributed by atoms with Crippen molar-refractivity contribution >= 4 is 31.6 Å². The molecule has 1 heterocycles. The summed E-state index contributed by atoms with van der Waals surface area (Å²) in [4.78, 5) is 0.352. The molecule has 1 aliphatic rings. The monoisotopic (exact) mass is 458 g/mol. The summed E-state index contributed by atoms with van der Waals surface area (Å²) >= 11 is 6.08. The fourth-order valence-electron chi connectivity index (χ4n) is 3.22. The molecule has 158 valence electrons. The molecule has 2 aromatic carbocycles. The Hall–Kier alpha value is -1.65. The molecule has 0 atom stereocenters. The summed E-state index contributed by atoms with van der Waals surface area (Å²) in [7, 11) is -5.93. The Kier molecular flexibility index (Phi) is 6.26. The summed E-state index contributed by atoms with van der Waals surface area (Å²) in [5, 5.41) is 0.511. The Morgan fingerprint density at radius 1 is 0.828 bits per heavy atom. The van der Waals surface area contributed by atoms with Crippen molar-refractivity contribution in [2.24, 2.45) is 0 Å². The van der Waals surface area contributed by atoms with Gasteiger partial charge in [0.1, 0.15) is 5.75 Å². The van der Waals surface area contributed by atoms with Gasteiger partial charge in [0.2, 0.25) is 20.0 Å². The first kappa shape index (κ1) is 22.0. The van der Waals surface area contributed by atoms with Gasteiger partial charge < -0.3 is 4.74 Å². The SMILES string of the molecule is COc1ccc(S(=O)(=O)N2CCN(S(=O)(=O)c3cc(C)c(Cl)cc3C)CC2)cc1. The van der Waals surface area contributed by atoms with E-state index >= 15 is 0 Å². The average molecular weight is 459 g/mol. The van der Waals surface area contributed by atoms with Gasteiger partial charge in [-0.2, -0.15) is 8.61 Å². The highest BCUT2D eigenvalue weighted by atomic mass is 35.5. The number of benzene rings is 2. The summed E-state index contributed by atoms with van der Waals surface area (Å²) in [5.74, 6) is 0.563. The lowest BCUT2D eigenvalue weighted by Gasteiger charge is -2.33. The second kappa shape index (κ2) is 8.23. The zero-order valence-electron chi connectivity index (χ0n) is 16.4. The van der Waals surface area contributed by atoms with Crippen LogP contribution in [0.25, 0.3) is 0 Å². The number of piperazine rings is 1. The maximum absolute atomic E-state index is 13.1. The average Bonchev–Trinajstić information content (AvgIpc) is 2.70. The number of hydrogen-bond acceptors (Lipinski definition) is 5. The molecule has 0 aliphatic carbocycles. The van der Waals surface area contributed by atoms with Crippen LogP contribution in [0.3, 0.4) is 0 Å². The van der Waals surface area contributed by atoms with E-state index in [1.165, 1.54) is 27.9 Å². The van der Waals surface area contributed by atoms with Gasteiger partial charge in [-0.05, 0) is 61.4 Å². The Morgan fingerprint density at radius 3 is 1.86 bits per heavy atom. The third-order valence-corrected chi connectivity index (χ3v) is 9.33. The van der Waals surface area contributed by atoms with E-state index in [1.807, 2.05) is 0 Å². The molecule has 0 radical (unpaired) electrons. The molecule has 1 saturated heterocycles. The molecule has 7 nitrogen and oxygen atoms in total. The van der Waals surface area contributed by atoms with Crippen LogP contribution in [-0.2, 0) is 20.0 Å². The van der Waals surface area contributed by atoms with Crippen LogP contribution in [0.5, 0.6) is 5.75 Å². The number of hydrogen-bond donors (Lipinski definition) is 0. The van der Waals surface area contributed by atoms with Gasteiger partial charge in [0, 0.05) is 31.2 Å². The lowest BCUT2D eigenvalue weighted by molar-refractivity contribution is 0.272. The topological polar surface area (TPSA) is 84.0 Å². The predicted octanol–water partition coefficient (Wildman–Crippen LogP) is 2.66. The Bertz CT molecular complexity index is 1110. The second-order valence-corrected chi connectivity index (χ2v) is 11.1. The van der Waals surface area contributed by atoms with E-state index in [2.05, 4.69) is 0 Å². The molecule has 1 fully saturated rings. The molecule has 0 aromatic heterocycles. The third-order valence-electron chi connectivity index (χ3n) is 4.97. The minimum Gasteiger partial charge on any atom is -0.497 e. The fraction of sp³-hybridized carbons (Fsp3) is 0.368. The van der Waals surface area contributed by atoms with Gasteiger partial charge in [-0.25, -0.2) is 16.8 Å². The summed E-state index contributed by atoms with van der Waals surface area (Å²) < 4.78 is 59.5. The number of ether oxygens (including phenoxy) is 1. The smallest absolute Gasteiger partial charge is 0.243 e. The lowest BCUT2D eigenvalue weighted by Crippen LogP contribution is -2.50. The van der Waals surface area contributed by atoms with E-state index in [0.717, 1.165) is 0 Å². The van der Waals surface area contributed by atoms with Crippen LogP contribution in [0.15, 0.2) is 46.2 Å². The molecule has 0 N–H and O–H groups in total. The molecule has 0 bridgehead atoms. The van der Waals surface area contributed by atoms with Crippen molar-refractivity contribution in [3.05, 3.63) is 52.5 Å². The zero-order chi connectivity index (χ0) is 21.4. The van der Waals surface area contributed by atoms with Gasteiger partial charge >= 0.3 is 0 Å². The first-order valence-electron chi connectivity index (χ1n) is 8.98. The van der Waals surface area contributed by atoms with Gasteiger partial charge in [-0.15, -0.1) is 0 Å². The van der Waals surface area contributed by atoms with Crippen LogP contribution in [0.4, 0.5) is 0 Å². The van der Waals surface area contributed by atoms with Gasteiger partial charge in [0.15, 0.2) is 0 Å². The van der Waals surface area contributed by atoms with E-state index in [4.69, 9.17) is 16.3 Å². The molecule has 0 unspecified atom stereocenters. The quantitative estimate of drug-likeness (QED) is 0.687. The van der Waals surface area contributed by atoms with Crippen molar-refractivity contribution in [1.82, 2.24) is 8.61 Å². The van der Waals surface area contributed by atoms with Crippen LogP contribution in [0, 0.1) is 13.8 Å². The van der Waals surface area contributed by atoms with Crippen LogP contribution >= 0.6 is 11.6 Å². The first-order valence-corrected chi connectivity index (χ1v) is 12.2. The van der Waals surface area contributed by atoms with Crippen molar-refractivity contribution < 1.29 is 21.6 Å². The van der Waals surface area contributed by atoms with E-state index < -0.39 is 20.0 Å². The normalized spacial score (nSPS) is 16.7. The minimum atomic E-state index is -3.74. The van der Waals surface area contributed by atoms with Crippen LogP contribution < -0.4 is 4.74 Å². The van der Waals surface area contributed by atoms with Crippen molar-refractivity contribution in [1.29, 1.82) is 0 Å². The largest absolute Gasteiger partial charge is 0.497 e. The van der Waals surface area contributed by atoms with E-state index in [0.29, 0.717) is 21.9 Å². The van der Waals surface area contributed by atoms with Gasteiger partial charge in [-0.3, -0.25) is 0 Å². The highest BCUT2D eigenvalue weighted by Gasteiger charge is 2.34. The third kappa shape index (κ3) is 4.29. The molecule has 1 aliphatic heterocycles. The number of halogens is 1. The number of methoxy groups -OCH3 is 1. The zero-order valence-corrected chi connectivity index (χ0v) is 18.8. The molecule has 3 rings (SSSR count).